The van der Waals surface area contributed by atoms with E-state index in [1.54, 1.807) is 38.1 Å². The number of thiazole rings is 1. The first-order chi connectivity index (χ1) is 11.9. The Morgan fingerprint density at radius 2 is 2.12 bits per heavy atom. The van der Waals surface area contributed by atoms with Crippen molar-refractivity contribution < 1.29 is 23.8 Å². The number of esters is 2. The van der Waals surface area contributed by atoms with Crippen LogP contribution in [0.4, 0.5) is 0 Å². The molecule has 1 aliphatic rings. The summed E-state index contributed by atoms with van der Waals surface area (Å²) in [5.41, 5.74) is 0.545. The van der Waals surface area contributed by atoms with Crippen molar-refractivity contribution in [3.05, 3.63) is 44.9 Å². The number of carbonyl (C=O) groups is 2. The molecule has 132 valence electrons. The largest absolute Gasteiger partial charge is 0.486 e. The molecular weight excluding hydrogens is 366 g/mol. The van der Waals surface area contributed by atoms with E-state index in [2.05, 4.69) is 4.98 Å². The summed E-state index contributed by atoms with van der Waals surface area (Å²) in [7, 11) is 0. The van der Waals surface area contributed by atoms with E-state index >= 15 is 0 Å². The Labute approximate surface area is 153 Å². The second-order valence-corrected chi connectivity index (χ2v) is 7.16. The summed E-state index contributed by atoms with van der Waals surface area (Å²) in [6.07, 6.45) is -0.719. The zero-order valence-corrected chi connectivity index (χ0v) is 15.2. The second kappa shape index (κ2) is 7.41. The molecule has 0 bridgehead atoms. The van der Waals surface area contributed by atoms with E-state index in [9.17, 15) is 9.59 Å². The monoisotopic (exact) mass is 381 g/mol. The van der Waals surface area contributed by atoms with Crippen molar-refractivity contribution in [1.29, 1.82) is 0 Å². The molecule has 1 aliphatic heterocycles. The van der Waals surface area contributed by atoms with Gasteiger partial charge in [0.1, 0.15) is 28.3 Å². The minimum Gasteiger partial charge on any atom is -0.486 e. The highest BCUT2D eigenvalue weighted by Crippen LogP contribution is 2.24. The van der Waals surface area contributed by atoms with Crippen molar-refractivity contribution in [2.24, 2.45) is 0 Å². The van der Waals surface area contributed by atoms with Gasteiger partial charge in [-0.25, -0.2) is 14.6 Å². The highest BCUT2D eigenvalue weighted by Gasteiger charge is 2.36. The number of aryl methyl sites for hydroxylation is 1. The first kappa shape index (κ1) is 17.7. The molecule has 2 aromatic rings. The van der Waals surface area contributed by atoms with E-state index in [0.717, 1.165) is 0 Å². The van der Waals surface area contributed by atoms with E-state index in [0.29, 0.717) is 32.8 Å². The molecule has 1 aromatic carbocycles. The Balaban J connectivity index is 1.62. The highest BCUT2D eigenvalue weighted by molar-refractivity contribution is 7.13. The molecule has 8 heteroatoms. The number of rotatable bonds is 5. The Bertz CT molecular complexity index is 789. The normalized spacial score (nSPS) is 19.6. The topological polar surface area (TPSA) is 74.7 Å². The summed E-state index contributed by atoms with van der Waals surface area (Å²) in [4.78, 5) is 28.6. The lowest BCUT2D eigenvalue weighted by atomic mass is 10.2. The van der Waals surface area contributed by atoms with Crippen LogP contribution in [0.1, 0.15) is 33.7 Å². The van der Waals surface area contributed by atoms with Crippen LogP contribution in [-0.4, -0.2) is 29.1 Å². The fourth-order valence-electron chi connectivity index (χ4n) is 2.38. The number of halogens is 1. The predicted molar refractivity (Wildman–Crippen MR) is 92.0 cm³/mol. The molecule has 2 unspecified atom stereocenters. The van der Waals surface area contributed by atoms with Crippen LogP contribution in [0.15, 0.2) is 24.3 Å². The molecule has 0 N–H and O–H groups in total. The van der Waals surface area contributed by atoms with E-state index in [1.807, 2.05) is 0 Å². The van der Waals surface area contributed by atoms with Gasteiger partial charge >= 0.3 is 11.9 Å². The van der Waals surface area contributed by atoms with Crippen LogP contribution < -0.4 is 4.74 Å². The van der Waals surface area contributed by atoms with Gasteiger partial charge in [0.15, 0.2) is 0 Å². The molecule has 25 heavy (non-hydrogen) atoms. The molecule has 0 radical (unpaired) electrons. The third-order valence-electron chi connectivity index (χ3n) is 3.58. The van der Waals surface area contributed by atoms with Gasteiger partial charge in [0.05, 0.1) is 5.69 Å². The molecule has 0 aliphatic carbocycles. The molecule has 0 spiro atoms. The van der Waals surface area contributed by atoms with Crippen LogP contribution in [0.25, 0.3) is 0 Å². The maximum atomic E-state index is 12.3. The van der Waals surface area contributed by atoms with Crippen molar-refractivity contribution in [2.75, 3.05) is 0 Å². The van der Waals surface area contributed by atoms with Gasteiger partial charge in [0.2, 0.25) is 6.10 Å². The molecule has 6 nitrogen and oxygen atoms in total. The Kier molecular flexibility index (Phi) is 5.24. The maximum Gasteiger partial charge on any atom is 0.351 e. The fourth-order valence-corrected chi connectivity index (χ4v) is 3.37. The first-order valence-corrected chi connectivity index (χ1v) is 8.88. The third kappa shape index (κ3) is 4.29. The first-order valence-electron chi connectivity index (χ1n) is 7.68. The van der Waals surface area contributed by atoms with Gasteiger partial charge < -0.3 is 14.2 Å². The number of carbonyl (C=O) groups excluding carboxylic acids is 2. The lowest BCUT2D eigenvalue weighted by Gasteiger charge is -2.06. The van der Waals surface area contributed by atoms with E-state index < -0.39 is 18.0 Å². The van der Waals surface area contributed by atoms with Gasteiger partial charge in [-0.15, -0.1) is 11.3 Å². The molecule has 1 aromatic heterocycles. The van der Waals surface area contributed by atoms with Crippen molar-refractivity contribution in [1.82, 2.24) is 4.98 Å². The number of benzene rings is 1. The standard InChI is InChI=1S/C17H16ClNO5S/c1-9-7-13(16(20)23-9)24-17(21)15-10(2)19-14(25-15)8-22-12-5-3-11(18)4-6-12/h3-6,9,13H,7-8H2,1-2H3. The number of cyclic esters (lactones) is 1. The minimum absolute atomic E-state index is 0.225. The van der Waals surface area contributed by atoms with Gasteiger partial charge in [-0.2, -0.15) is 0 Å². The lowest BCUT2D eigenvalue weighted by molar-refractivity contribution is -0.147. The van der Waals surface area contributed by atoms with Gasteiger partial charge in [-0.3, -0.25) is 0 Å². The molecule has 1 saturated heterocycles. The van der Waals surface area contributed by atoms with Crippen LogP contribution in [0.5, 0.6) is 5.75 Å². The summed E-state index contributed by atoms with van der Waals surface area (Å²) in [6, 6.07) is 6.97. The number of nitrogens with zero attached hydrogens (tertiary/aromatic N) is 1. The van der Waals surface area contributed by atoms with E-state index in [1.165, 1.54) is 11.3 Å². The zero-order valence-electron chi connectivity index (χ0n) is 13.7. The highest BCUT2D eigenvalue weighted by atomic mass is 35.5. The van der Waals surface area contributed by atoms with Crippen molar-refractivity contribution in [2.45, 2.75) is 39.1 Å². The molecule has 2 heterocycles. The van der Waals surface area contributed by atoms with E-state index in [-0.39, 0.29) is 12.7 Å². The van der Waals surface area contributed by atoms with Crippen LogP contribution >= 0.6 is 22.9 Å². The molecule has 3 rings (SSSR count). The Hall–Kier alpha value is -2.12. The van der Waals surface area contributed by atoms with Crippen LogP contribution in [0.2, 0.25) is 5.02 Å². The summed E-state index contributed by atoms with van der Waals surface area (Å²) < 4.78 is 15.9. The summed E-state index contributed by atoms with van der Waals surface area (Å²) >= 11 is 7.01. The smallest absolute Gasteiger partial charge is 0.351 e. The van der Waals surface area contributed by atoms with Crippen LogP contribution in [0.3, 0.4) is 0 Å². The molecule has 1 fully saturated rings. The Morgan fingerprint density at radius 1 is 1.40 bits per heavy atom. The summed E-state index contributed by atoms with van der Waals surface area (Å²) in [6.45, 7) is 3.70. The van der Waals surface area contributed by atoms with Crippen molar-refractivity contribution >= 4 is 34.9 Å². The van der Waals surface area contributed by atoms with E-state index in [4.69, 9.17) is 25.8 Å². The Morgan fingerprint density at radius 3 is 2.76 bits per heavy atom. The lowest BCUT2D eigenvalue weighted by Crippen LogP contribution is -2.22. The average molecular weight is 382 g/mol. The SMILES string of the molecule is Cc1nc(COc2ccc(Cl)cc2)sc1C(=O)OC1CC(C)OC1=O. The fraction of sp³-hybridized carbons (Fsp3) is 0.353. The number of hydrogen-bond acceptors (Lipinski definition) is 7. The molecule has 0 saturated carbocycles. The van der Waals surface area contributed by atoms with Gasteiger partial charge in [-0.1, -0.05) is 11.6 Å². The number of ether oxygens (including phenoxy) is 3. The van der Waals surface area contributed by atoms with Gasteiger partial charge in [0.25, 0.3) is 0 Å². The molecular formula is C17H16ClNO5S. The summed E-state index contributed by atoms with van der Waals surface area (Å²) in [5.74, 6) is -0.415. The quantitative estimate of drug-likeness (QED) is 0.737. The number of aromatic nitrogens is 1. The van der Waals surface area contributed by atoms with Gasteiger partial charge in [0, 0.05) is 11.4 Å². The molecule has 2 atom stereocenters. The number of hydrogen-bond donors (Lipinski definition) is 0. The minimum atomic E-state index is -0.849. The van der Waals surface area contributed by atoms with Crippen molar-refractivity contribution in [3.8, 4) is 5.75 Å². The average Bonchev–Trinajstić information content (AvgIpc) is 3.09. The van der Waals surface area contributed by atoms with Crippen LogP contribution in [0, 0.1) is 6.92 Å². The summed E-state index contributed by atoms with van der Waals surface area (Å²) in [5, 5.41) is 1.27. The maximum absolute atomic E-state index is 12.3. The zero-order chi connectivity index (χ0) is 18.0. The second-order valence-electron chi connectivity index (χ2n) is 5.64. The van der Waals surface area contributed by atoms with Crippen LogP contribution in [-0.2, 0) is 20.9 Å². The molecule has 0 amide bonds. The predicted octanol–water partition coefficient (Wildman–Crippen LogP) is 3.54. The van der Waals surface area contributed by atoms with Gasteiger partial charge in [-0.05, 0) is 38.1 Å². The third-order valence-corrected chi connectivity index (χ3v) is 4.94. The van der Waals surface area contributed by atoms with Crippen molar-refractivity contribution in [3.63, 3.8) is 0 Å².